The van der Waals surface area contributed by atoms with Crippen LogP contribution >= 0.6 is 0 Å². The largest absolute Gasteiger partial charge is 0.494 e. The van der Waals surface area contributed by atoms with E-state index in [9.17, 15) is 14.4 Å². The number of Topliss-reactive ketones (excluding diaryl/α,β-unsaturated/α-hetero) is 1. The van der Waals surface area contributed by atoms with E-state index in [0.29, 0.717) is 4.68 Å². The molecule has 1 fully saturated rings. The summed E-state index contributed by atoms with van der Waals surface area (Å²) in [6.07, 6.45) is 0.438. The number of pyridine rings is 2. The number of ether oxygens (including phenoxy) is 1. The predicted octanol–water partition coefficient (Wildman–Crippen LogP) is 1.33. The fraction of sp³-hybridized carbons (Fsp3) is 0.292. The molecule has 1 N–H and O–H groups in total. The van der Waals surface area contributed by atoms with E-state index in [1.807, 2.05) is 0 Å². The highest BCUT2D eigenvalue weighted by molar-refractivity contribution is 6.45. The number of H-pyrrole nitrogens is 1. The molecule has 5 heterocycles. The molecule has 0 aromatic carbocycles. The van der Waals surface area contributed by atoms with Crippen LogP contribution in [0.2, 0.25) is 0 Å². The van der Waals surface area contributed by atoms with Crippen LogP contribution in [-0.4, -0.2) is 90.2 Å². The highest BCUT2D eigenvalue weighted by Crippen LogP contribution is 2.31. The van der Waals surface area contributed by atoms with Crippen molar-refractivity contribution in [2.45, 2.75) is 13.8 Å². The normalized spacial score (nSPS) is 25.8. The molecule has 1 aliphatic heterocycles. The van der Waals surface area contributed by atoms with E-state index in [1.165, 1.54) is 6.92 Å². The smallest absolute Gasteiger partial charge is 0.295 e. The van der Waals surface area contributed by atoms with Gasteiger partial charge in [0.2, 0.25) is 0 Å². The second-order valence-corrected chi connectivity index (χ2v) is 7.05. The Balaban J connectivity index is 1.63. The molecule has 0 atom stereocenters. The molecule has 0 aliphatic carbocycles. The predicted molar refractivity (Wildman–Crippen MR) is 128 cm³/mol. The molecule has 0 unspecified atom stereocenters. The zero-order valence-electron chi connectivity index (χ0n) is 33.4. The molecule has 12 heteroatoms. The maximum absolute atomic E-state index is 13.9. The quantitative estimate of drug-likeness (QED) is 0.318. The maximum Gasteiger partial charge on any atom is 0.295 e. The monoisotopic (exact) mass is 503 g/mol. The van der Waals surface area contributed by atoms with Gasteiger partial charge in [-0.1, -0.05) is 6.04 Å². The lowest BCUT2D eigenvalue weighted by Gasteiger charge is -2.34. The van der Waals surface area contributed by atoms with E-state index in [0.717, 1.165) is 19.5 Å². The van der Waals surface area contributed by atoms with Crippen LogP contribution in [0.1, 0.15) is 52.8 Å². The number of aryl methyl sites for hydroxylation is 1. The first-order valence-electron chi connectivity index (χ1n) is 17.4. The van der Waals surface area contributed by atoms with Gasteiger partial charge >= 0.3 is 0 Å². The van der Waals surface area contributed by atoms with Crippen molar-refractivity contribution in [2.24, 2.45) is 0 Å². The summed E-state index contributed by atoms with van der Waals surface area (Å²) < 4.78 is 129. The lowest BCUT2D eigenvalue weighted by Crippen LogP contribution is -2.52. The number of piperazine rings is 1. The van der Waals surface area contributed by atoms with Crippen LogP contribution in [0.25, 0.3) is 16.7 Å². The zero-order valence-corrected chi connectivity index (χ0v) is 18.4. The molecule has 1 aliphatic rings. The third-order valence-corrected chi connectivity index (χ3v) is 4.82. The number of carbonyl (C=O) groups is 3. The molecule has 0 saturated carbocycles. The van der Waals surface area contributed by atoms with Crippen molar-refractivity contribution >= 4 is 28.5 Å². The van der Waals surface area contributed by atoms with E-state index < -0.39 is 102 Å². The summed E-state index contributed by atoms with van der Waals surface area (Å²) in [5, 5.41) is 3.48. The Kier molecular flexibility index (Phi) is 2.92. The van der Waals surface area contributed by atoms with Crippen molar-refractivity contribution in [3.8, 4) is 11.6 Å². The molecule has 1 saturated heterocycles. The zero-order chi connectivity index (χ0) is 38.5. The van der Waals surface area contributed by atoms with Crippen molar-refractivity contribution in [1.29, 1.82) is 0 Å². The van der Waals surface area contributed by atoms with Gasteiger partial charge in [0.1, 0.15) is 24.9 Å². The van der Waals surface area contributed by atoms with Crippen LogP contribution in [0.3, 0.4) is 0 Å². The van der Waals surface area contributed by atoms with Crippen LogP contribution in [0.4, 0.5) is 0 Å². The average Bonchev–Trinajstić information content (AvgIpc) is 3.64. The summed E-state index contributed by atoms with van der Waals surface area (Å²) >= 11 is 0. The number of carbonyl (C=O) groups excluding carboxylic acids is 3. The number of aromatic amines is 1. The number of methoxy groups -OCH3 is 1. The van der Waals surface area contributed by atoms with E-state index in [4.69, 9.17) is 25.3 Å². The van der Waals surface area contributed by atoms with Gasteiger partial charge in [0.15, 0.2) is 5.82 Å². The minimum Gasteiger partial charge on any atom is -0.494 e. The fourth-order valence-electron chi connectivity index (χ4n) is 3.16. The Morgan fingerprint density at radius 1 is 1.14 bits per heavy atom. The molecule has 2 amide bonds. The van der Waals surface area contributed by atoms with E-state index >= 15 is 0 Å². The van der Waals surface area contributed by atoms with Crippen LogP contribution in [0, 0.1) is 13.8 Å². The summed E-state index contributed by atoms with van der Waals surface area (Å²) in [6.45, 7) is -17.7. The van der Waals surface area contributed by atoms with Gasteiger partial charge in [-0.25, -0.2) is 14.6 Å². The number of hydrogen-bond donors (Lipinski definition) is 1. The molecule has 0 spiro atoms. The van der Waals surface area contributed by atoms with Crippen molar-refractivity contribution in [2.75, 3.05) is 33.1 Å². The highest BCUT2D eigenvalue weighted by atomic mass is 16.5. The Morgan fingerprint density at radius 3 is 2.64 bits per heavy atom. The average molecular weight is 504 g/mol. The first-order valence-corrected chi connectivity index (χ1v) is 9.93. The summed E-state index contributed by atoms with van der Waals surface area (Å²) in [4.78, 5) is 53.9. The third-order valence-electron chi connectivity index (χ3n) is 4.82. The second-order valence-electron chi connectivity index (χ2n) is 7.05. The highest BCUT2D eigenvalue weighted by Gasteiger charge is 2.31. The van der Waals surface area contributed by atoms with E-state index in [2.05, 4.69) is 25.0 Å². The van der Waals surface area contributed by atoms with E-state index in [1.54, 1.807) is 0 Å². The summed E-state index contributed by atoms with van der Waals surface area (Å²) in [7, 11) is 1.13. The molecule has 0 bridgehead atoms. The first-order chi connectivity index (χ1) is 23.3. The fourth-order valence-corrected chi connectivity index (χ4v) is 3.16. The van der Waals surface area contributed by atoms with Gasteiger partial charge < -0.3 is 19.5 Å². The first kappa shape index (κ1) is 11.4. The van der Waals surface area contributed by atoms with Gasteiger partial charge in [-0.05, 0) is 25.4 Å². The van der Waals surface area contributed by atoms with Gasteiger partial charge in [0.25, 0.3) is 17.6 Å². The van der Waals surface area contributed by atoms with Gasteiger partial charge in [0, 0.05) is 42.5 Å². The number of amides is 2. The van der Waals surface area contributed by atoms with Crippen molar-refractivity contribution < 1.29 is 39.7 Å². The molecule has 5 rings (SSSR count). The minimum absolute atomic E-state index is 0.166. The second kappa shape index (κ2) is 9.21. The van der Waals surface area contributed by atoms with Crippen molar-refractivity contribution in [3.05, 3.63) is 59.6 Å². The molecule has 36 heavy (non-hydrogen) atoms. The number of rotatable bonds is 5. The summed E-state index contributed by atoms with van der Waals surface area (Å²) in [5.74, 6) is -7.06. The number of aromatic nitrogens is 6. The molecule has 0 radical (unpaired) electrons. The molecule has 12 nitrogen and oxygen atoms in total. The number of nitrogens with zero attached hydrogens (tertiary/aromatic N) is 7. The Bertz CT molecular complexity index is 2120. The summed E-state index contributed by atoms with van der Waals surface area (Å²) in [5.41, 5.74) is -2.21. The van der Waals surface area contributed by atoms with Crippen molar-refractivity contribution in [3.63, 3.8) is 0 Å². The molecule has 184 valence electrons. The van der Waals surface area contributed by atoms with Gasteiger partial charge in [-0.15, -0.1) is 0 Å². The number of nitrogens with one attached hydrogen (secondary N) is 1. The standard InChI is InChI=1S/C24H24N8O4/c1-14-4-5-17(25-10-14)23(34)30-6-8-31(9-7-30)24(35)21(33)16-11-26-20-19(16)18(36-3)12-27-22(20)32-13-28-15(2)29-32/h4-5,10-13,26H,6-9H2,1-3H3/i2D3,4D,5D,6D2,7D2,8D2,9D2,10D,13D. The van der Waals surface area contributed by atoms with E-state index in [-0.39, 0.29) is 28.0 Å². The molecule has 4 aromatic heterocycles. The Hall–Kier alpha value is -4.61. The topological polar surface area (TPSA) is 139 Å². The lowest BCUT2D eigenvalue weighted by atomic mass is 10.1. The van der Waals surface area contributed by atoms with Crippen LogP contribution < -0.4 is 4.74 Å². The number of ketones is 1. The Labute approximate surface area is 227 Å². The van der Waals surface area contributed by atoms with Gasteiger partial charge in [-0.3, -0.25) is 19.4 Å². The van der Waals surface area contributed by atoms with Gasteiger partial charge in [-0.2, -0.15) is 5.10 Å². The third kappa shape index (κ3) is 4.06. The number of hydrogen-bond acceptors (Lipinski definition) is 8. The maximum atomic E-state index is 13.9. The summed E-state index contributed by atoms with van der Waals surface area (Å²) in [6, 6.07) is -1.70. The van der Waals surface area contributed by atoms with Crippen LogP contribution in [-0.2, 0) is 4.79 Å². The number of fused-ring (bicyclic) bond motifs is 1. The lowest BCUT2D eigenvalue weighted by molar-refractivity contribution is -0.127. The van der Waals surface area contributed by atoms with Crippen LogP contribution in [0.5, 0.6) is 5.75 Å². The molecular weight excluding hydrogens is 464 g/mol. The Morgan fingerprint density at radius 2 is 1.92 bits per heavy atom. The SMILES string of the molecule is [2H]c1nc(C(=O)N2C([2H])([2H])C([2H])([2H])N(C(=O)C(=O)c3c[nH]c4c(-n5nc(C([2H])([2H])[2H])nc5[2H])ncc(OC)c34)C([2H])([2H])C2([2H])[2H])c([2H])c([2H])c1C. The molecule has 4 aromatic rings. The minimum atomic E-state index is -4.04. The van der Waals surface area contributed by atoms with Gasteiger partial charge in [0.05, 0.1) is 44.9 Å². The van der Waals surface area contributed by atoms with Crippen molar-refractivity contribution in [1.82, 2.24) is 39.5 Å². The molecular formula is C24H24N8O4. The van der Waals surface area contributed by atoms with Crippen LogP contribution in [0.15, 0.2) is 37.0 Å².